The van der Waals surface area contributed by atoms with E-state index in [1.165, 1.54) is 7.11 Å². The number of ether oxygens (including phenoxy) is 3. The molecule has 24 heavy (non-hydrogen) atoms. The number of nitrogens with zero attached hydrogens (tertiary/aromatic N) is 1. The van der Waals surface area contributed by atoms with E-state index in [9.17, 15) is 4.79 Å². The number of hydrogen-bond acceptors (Lipinski definition) is 6. The molecule has 1 aliphatic heterocycles. The number of anilines is 1. The van der Waals surface area contributed by atoms with Gasteiger partial charge in [-0.25, -0.2) is 9.78 Å². The third-order valence-electron chi connectivity index (χ3n) is 3.81. The zero-order chi connectivity index (χ0) is 16.5. The lowest BCUT2D eigenvalue weighted by molar-refractivity contribution is 0.0600. The maximum Gasteiger partial charge on any atom is 0.337 e. The molecule has 0 atom stereocenters. The molecule has 0 spiro atoms. The van der Waals surface area contributed by atoms with E-state index in [0.29, 0.717) is 23.8 Å². The highest BCUT2D eigenvalue weighted by atomic mass is 16.7. The van der Waals surface area contributed by atoms with E-state index < -0.39 is 0 Å². The van der Waals surface area contributed by atoms with Crippen molar-refractivity contribution in [2.24, 2.45) is 0 Å². The van der Waals surface area contributed by atoms with Gasteiger partial charge in [0.2, 0.25) is 12.7 Å². The van der Waals surface area contributed by atoms with Crippen LogP contribution in [0.15, 0.2) is 36.4 Å². The highest BCUT2D eigenvalue weighted by molar-refractivity contribution is 5.89. The Morgan fingerprint density at radius 3 is 2.75 bits per heavy atom. The number of H-pyrrole nitrogens is 1. The zero-order valence-electron chi connectivity index (χ0n) is 13.0. The molecule has 0 radical (unpaired) electrons. The van der Waals surface area contributed by atoms with E-state index in [1.54, 1.807) is 12.1 Å². The molecule has 0 saturated heterocycles. The van der Waals surface area contributed by atoms with Crippen molar-refractivity contribution >= 4 is 23.0 Å². The van der Waals surface area contributed by atoms with Crippen LogP contribution >= 0.6 is 0 Å². The van der Waals surface area contributed by atoms with Crippen molar-refractivity contribution in [3.05, 3.63) is 47.5 Å². The second-order valence-electron chi connectivity index (χ2n) is 5.35. The van der Waals surface area contributed by atoms with Gasteiger partial charge in [-0.3, -0.25) is 0 Å². The Morgan fingerprint density at radius 2 is 2.00 bits per heavy atom. The zero-order valence-corrected chi connectivity index (χ0v) is 13.0. The van der Waals surface area contributed by atoms with Crippen molar-refractivity contribution in [3.63, 3.8) is 0 Å². The number of nitrogens with one attached hydrogen (secondary N) is 2. The smallest absolute Gasteiger partial charge is 0.337 e. The normalized spacial score (nSPS) is 12.4. The summed E-state index contributed by atoms with van der Waals surface area (Å²) in [5.41, 5.74) is 3.24. The van der Waals surface area contributed by atoms with Gasteiger partial charge >= 0.3 is 5.97 Å². The lowest BCUT2D eigenvalue weighted by Crippen LogP contribution is -2.03. The van der Waals surface area contributed by atoms with Crippen molar-refractivity contribution in [2.75, 3.05) is 19.2 Å². The van der Waals surface area contributed by atoms with Gasteiger partial charge < -0.3 is 24.5 Å². The number of aromatic amines is 1. The van der Waals surface area contributed by atoms with Gasteiger partial charge in [-0.15, -0.1) is 0 Å². The first-order valence-corrected chi connectivity index (χ1v) is 7.43. The van der Waals surface area contributed by atoms with Crippen LogP contribution in [0.3, 0.4) is 0 Å². The van der Waals surface area contributed by atoms with Gasteiger partial charge in [-0.05, 0) is 17.7 Å². The largest absolute Gasteiger partial charge is 0.465 e. The number of hydrogen-bond donors (Lipinski definition) is 2. The van der Waals surface area contributed by atoms with Gasteiger partial charge in [0.1, 0.15) is 0 Å². The van der Waals surface area contributed by atoms with Crippen molar-refractivity contribution < 1.29 is 19.0 Å². The minimum atomic E-state index is -0.343. The summed E-state index contributed by atoms with van der Waals surface area (Å²) < 4.78 is 15.4. The van der Waals surface area contributed by atoms with Crippen LogP contribution in [-0.4, -0.2) is 29.8 Å². The van der Waals surface area contributed by atoms with Gasteiger partial charge in [-0.2, -0.15) is 0 Å². The standard InChI is InChI=1S/C17H15N3O4/c1-22-16(21)11-4-2-10(3-5-11)8-18-17-19-12-6-14-15(24-9-23-14)7-13(12)20-17/h2-7H,8-9H2,1H3,(H2,18,19,20). The molecule has 7 nitrogen and oxygen atoms in total. The highest BCUT2D eigenvalue weighted by Gasteiger charge is 2.16. The Morgan fingerprint density at radius 1 is 1.25 bits per heavy atom. The molecular weight excluding hydrogens is 310 g/mol. The summed E-state index contributed by atoms with van der Waals surface area (Å²) in [4.78, 5) is 19.1. The van der Waals surface area contributed by atoms with Crippen LogP contribution in [0, 0.1) is 0 Å². The van der Waals surface area contributed by atoms with E-state index in [-0.39, 0.29) is 12.8 Å². The lowest BCUT2D eigenvalue weighted by Gasteiger charge is -2.04. The molecule has 2 aromatic carbocycles. The first kappa shape index (κ1) is 14.4. The van der Waals surface area contributed by atoms with Crippen molar-refractivity contribution in [1.29, 1.82) is 0 Å². The van der Waals surface area contributed by atoms with Gasteiger partial charge in [0.05, 0.1) is 23.7 Å². The predicted molar refractivity (Wildman–Crippen MR) is 87.3 cm³/mol. The fourth-order valence-corrected chi connectivity index (χ4v) is 2.55. The Hall–Kier alpha value is -3.22. The summed E-state index contributed by atoms with van der Waals surface area (Å²) >= 11 is 0. The number of rotatable bonds is 4. The monoisotopic (exact) mass is 325 g/mol. The molecule has 2 heterocycles. The number of carbonyl (C=O) groups excluding carboxylic acids is 1. The van der Waals surface area contributed by atoms with Crippen LogP contribution in [0.1, 0.15) is 15.9 Å². The fraction of sp³-hybridized carbons (Fsp3) is 0.176. The quantitative estimate of drug-likeness (QED) is 0.717. The molecular formula is C17H15N3O4. The summed E-state index contributed by atoms with van der Waals surface area (Å²) in [6, 6.07) is 10.9. The highest BCUT2D eigenvalue weighted by Crippen LogP contribution is 2.35. The Bertz CT molecular complexity index is 861. The van der Waals surface area contributed by atoms with Crippen LogP contribution in [0.2, 0.25) is 0 Å². The van der Waals surface area contributed by atoms with Gasteiger partial charge in [0, 0.05) is 18.7 Å². The number of esters is 1. The third kappa shape index (κ3) is 2.60. The van der Waals surface area contributed by atoms with Gasteiger partial charge in [0.25, 0.3) is 0 Å². The third-order valence-corrected chi connectivity index (χ3v) is 3.81. The van der Waals surface area contributed by atoms with Crippen molar-refractivity contribution in [2.45, 2.75) is 6.54 Å². The van der Waals surface area contributed by atoms with E-state index in [2.05, 4.69) is 20.0 Å². The minimum Gasteiger partial charge on any atom is -0.465 e. The van der Waals surface area contributed by atoms with Crippen LogP contribution in [0.4, 0.5) is 5.95 Å². The maximum atomic E-state index is 11.4. The number of fused-ring (bicyclic) bond motifs is 2. The van der Waals surface area contributed by atoms with Gasteiger partial charge in [0.15, 0.2) is 11.5 Å². The van der Waals surface area contributed by atoms with Crippen molar-refractivity contribution in [3.8, 4) is 11.5 Å². The van der Waals surface area contributed by atoms with Crippen LogP contribution in [0.25, 0.3) is 11.0 Å². The van der Waals surface area contributed by atoms with Gasteiger partial charge in [-0.1, -0.05) is 12.1 Å². The van der Waals surface area contributed by atoms with E-state index >= 15 is 0 Å². The fourth-order valence-electron chi connectivity index (χ4n) is 2.55. The first-order chi connectivity index (χ1) is 11.7. The average molecular weight is 325 g/mol. The van der Waals surface area contributed by atoms with Crippen LogP contribution in [0.5, 0.6) is 11.5 Å². The Balaban J connectivity index is 1.47. The Kier molecular flexibility index (Phi) is 3.45. The van der Waals surface area contributed by atoms with E-state index in [0.717, 1.165) is 22.3 Å². The SMILES string of the molecule is COC(=O)c1ccc(CNc2nc3cc4c(cc3[nH]2)OCO4)cc1. The molecule has 0 saturated carbocycles. The van der Waals surface area contributed by atoms with Crippen LogP contribution < -0.4 is 14.8 Å². The lowest BCUT2D eigenvalue weighted by atomic mass is 10.1. The molecule has 0 unspecified atom stereocenters. The molecule has 1 aliphatic rings. The summed E-state index contributed by atoms with van der Waals surface area (Å²) in [6.07, 6.45) is 0. The molecule has 0 fully saturated rings. The topological polar surface area (TPSA) is 85.5 Å². The number of imidazole rings is 1. The number of benzene rings is 2. The number of aromatic nitrogens is 2. The Labute approximate surface area is 137 Å². The molecule has 0 amide bonds. The summed E-state index contributed by atoms with van der Waals surface area (Å²) in [5.74, 6) is 1.74. The second kappa shape index (κ2) is 5.77. The summed E-state index contributed by atoms with van der Waals surface area (Å²) in [6.45, 7) is 0.822. The molecule has 0 bridgehead atoms. The minimum absolute atomic E-state index is 0.245. The summed E-state index contributed by atoms with van der Waals surface area (Å²) in [7, 11) is 1.37. The van der Waals surface area contributed by atoms with E-state index in [1.807, 2.05) is 24.3 Å². The predicted octanol–water partition coefficient (Wildman–Crippen LogP) is 2.69. The van der Waals surface area contributed by atoms with Crippen molar-refractivity contribution in [1.82, 2.24) is 9.97 Å². The molecule has 2 N–H and O–H groups in total. The number of methoxy groups -OCH3 is 1. The molecule has 122 valence electrons. The number of carbonyl (C=O) groups is 1. The second-order valence-corrected chi connectivity index (χ2v) is 5.35. The first-order valence-electron chi connectivity index (χ1n) is 7.43. The molecule has 4 rings (SSSR count). The van der Waals surface area contributed by atoms with Crippen LogP contribution in [-0.2, 0) is 11.3 Å². The van der Waals surface area contributed by atoms with E-state index in [4.69, 9.17) is 9.47 Å². The molecule has 3 aromatic rings. The molecule has 0 aliphatic carbocycles. The molecule has 7 heteroatoms. The maximum absolute atomic E-state index is 11.4. The summed E-state index contributed by atoms with van der Waals surface area (Å²) in [5, 5.41) is 3.22. The average Bonchev–Trinajstić information content (AvgIpc) is 3.22. The molecule has 1 aromatic heterocycles.